The van der Waals surface area contributed by atoms with Gasteiger partial charge >= 0.3 is 0 Å². The summed E-state index contributed by atoms with van der Waals surface area (Å²) >= 11 is 0. The predicted molar refractivity (Wildman–Crippen MR) is 86.3 cm³/mol. The van der Waals surface area contributed by atoms with Crippen molar-refractivity contribution in [2.45, 2.75) is 25.8 Å². The van der Waals surface area contributed by atoms with Crippen molar-refractivity contribution in [1.29, 1.82) is 0 Å². The van der Waals surface area contributed by atoms with Crippen molar-refractivity contribution in [3.63, 3.8) is 0 Å². The monoisotopic (exact) mass is 321 g/mol. The molecule has 7 heteroatoms. The van der Waals surface area contributed by atoms with E-state index in [-0.39, 0.29) is 23.6 Å². The Balaban J connectivity index is 1.83. The Morgan fingerprint density at radius 3 is 2.48 bits per heavy atom. The second-order valence-electron chi connectivity index (χ2n) is 6.29. The number of carbonyl (C=O) groups is 1. The van der Waals surface area contributed by atoms with E-state index in [0.29, 0.717) is 6.54 Å². The first-order valence-electron chi connectivity index (χ1n) is 7.71. The standard InChI is InChI=1S/C16H23N3O4/c1-16(2,18-7-9-23-10-8-18)12-17-15(20)11-13-3-5-14(6-4-13)19(21)22/h3-6H,7-12H2,1-2H3,(H,17,20). The maximum Gasteiger partial charge on any atom is 0.269 e. The van der Waals surface area contributed by atoms with E-state index < -0.39 is 4.92 Å². The van der Waals surface area contributed by atoms with Crippen molar-refractivity contribution in [3.05, 3.63) is 39.9 Å². The fourth-order valence-electron chi connectivity index (χ4n) is 2.58. The van der Waals surface area contributed by atoms with Gasteiger partial charge in [0.15, 0.2) is 0 Å². The second-order valence-corrected chi connectivity index (χ2v) is 6.29. The molecule has 1 aliphatic heterocycles. The van der Waals surface area contributed by atoms with Crippen LogP contribution in [0.2, 0.25) is 0 Å². The van der Waals surface area contributed by atoms with Gasteiger partial charge < -0.3 is 10.1 Å². The average Bonchev–Trinajstić information content (AvgIpc) is 2.54. The third-order valence-corrected chi connectivity index (χ3v) is 4.10. The normalized spacial score (nSPS) is 16.1. The van der Waals surface area contributed by atoms with Crippen LogP contribution in [0.25, 0.3) is 0 Å². The molecule has 1 saturated heterocycles. The summed E-state index contributed by atoms with van der Waals surface area (Å²) in [7, 11) is 0. The fourth-order valence-corrected chi connectivity index (χ4v) is 2.58. The molecule has 0 spiro atoms. The molecule has 0 aromatic heterocycles. The van der Waals surface area contributed by atoms with Crippen molar-refractivity contribution >= 4 is 11.6 Å². The summed E-state index contributed by atoms with van der Waals surface area (Å²) in [4.78, 5) is 24.5. The predicted octanol–water partition coefficient (Wildman–Crippen LogP) is 1.36. The fraction of sp³-hybridized carbons (Fsp3) is 0.562. The molecule has 7 nitrogen and oxygen atoms in total. The zero-order valence-corrected chi connectivity index (χ0v) is 13.6. The van der Waals surface area contributed by atoms with E-state index in [4.69, 9.17) is 4.74 Å². The summed E-state index contributed by atoms with van der Waals surface area (Å²) in [6, 6.07) is 6.07. The topological polar surface area (TPSA) is 84.7 Å². The van der Waals surface area contributed by atoms with Crippen molar-refractivity contribution < 1.29 is 14.5 Å². The van der Waals surface area contributed by atoms with E-state index in [9.17, 15) is 14.9 Å². The van der Waals surface area contributed by atoms with Gasteiger partial charge in [-0.2, -0.15) is 0 Å². The largest absolute Gasteiger partial charge is 0.379 e. The summed E-state index contributed by atoms with van der Waals surface area (Å²) in [5.74, 6) is -0.0832. The Labute approximate surface area is 135 Å². The molecule has 0 atom stereocenters. The van der Waals surface area contributed by atoms with Crippen molar-refractivity contribution in [2.75, 3.05) is 32.8 Å². The number of carbonyl (C=O) groups excluding carboxylic acids is 1. The highest BCUT2D eigenvalue weighted by Gasteiger charge is 2.28. The molecule has 1 amide bonds. The number of nitrogens with zero attached hydrogens (tertiary/aromatic N) is 2. The molecular weight excluding hydrogens is 298 g/mol. The lowest BCUT2D eigenvalue weighted by atomic mass is 10.0. The summed E-state index contributed by atoms with van der Waals surface area (Å²) in [6.07, 6.45) is 0.219. The highest BCUT2D eigenvalue weighted by atomic mass is 16.6. The van der Waals surface area contributed by atoms with Crippen LogP contribution in [0.5, 0.6) is 0 Å². The molecule has 2 rings (SSSR count). The van der Waals surface area contributed by atoms with Gasteiger partial charge in [0, 0.05) is 37.3 Å². The number of hydrogen-bond acceptors (Lipinski definition) is 5. The zero-order chi connectivity index (χ0) is 16.9. The number of nitro groups is 1. The Morgan fingerprint density at radius 2 is 1.91 bits per heavy atom. The molecule has 0 radical (unpaired) electrons. The SMILES string of the molecule is CC(C)(CNC(=O)Cc1ccc([N+](=O)[O-])cc1)N1CCOCC1. The van der Waals surface area contributed by atoms with Crippen LogP contribution in [0.1, 0.15) is 19.4 Å². The van der Waals surface area contributed by atoms with Crippen LogP contribution in [0, 0.1) is 10.1 Å². The molecule has 0 saturated carbocycles. The van der Waals surface area contributed by atoms with Gasteiger partial charge in [-0.1, -0.05) is 12.1 Å². The molecule has 126 valence electrons. The minimum absolute atomic E-state index is 0.0302. The molecule has 1 fully saturated rings. The number of rotatable bonds is 6. The maximum atomic E-state index is 12.1. The number of nitro benzene ring substituents is 1. The van der Waals surface area contributed by atoms with Crippen molar-refractivity contribution in [1.82, 2.24) is 10.2 Å². The number of morpholine rings is 1. The van der Waals surface area contributed by atoms with E-state index in [1.165, 1.54) is 12.1 Å². The molecule has 1 aromatic carbocycles. The first kappa shape index (κ1) is 17.4. The Kier molecular flexibility index (Phi) is 5.68. The van der Waals surface area contributed by atoms with Crippen LogP contribution in [-0.4, -0.2) is 54.1 Å². The second kappa shape index (κ2) is 7.52. The van der Waals surface area contributed by atoms with Gasteiger partial charge in [0.25, 0.3) is 5.69 Å². The van der Waals surface area contributed by atoms with Gasteiger partial charge in [-0.15, -0.1) is 0 Å². The molecule has 0 bridgehead atoms. The maximum absolute atomic E-state index is 12.1. The van der Waals surface area contributed by atoms with Crippen LogP contribution in [0.15, 0.2) is 24.3 Å². The van der Waals surface area contributed by atoms with Gasteiger partial charge in [-0.05, 0) is 19.4 Å². The molecule has 0 aliphatic carbocycles. The van der Waals surface area contributed by atoms with E-state index in [1.807, 2.05) is 0 Å². The Bertz CT molecular complexity index is 551. The Hall–Kier alpha value is -1.99. The highest BCUT2D eigenvalue weighted by Crippen LogP contribution is 2.15. The lowest BCUT2D eigenvalue weighted by molar-refractivity contribution is -0.384. The first-order chi connectivity index (χ1) is 10.9. The number of non-ortho nitro benzene ring substituents is 1. The number of amides is 1. The molecule has 1 aliphatic rings. The number of ether oxygens (including phenoxy) is 1. The number of nitrogens with one attached hydrogen (secondary N) is 1. The van der Waals surface area contributed by atoms with Gasteiger partial charge in [-0.3, -0.25) is 19.8 Å². The Morgan fingerprint density at radius 1 is 1.30 bits per heavy atom. The lowest BCUT2D eigenvalue weighted by Crippen LogP contribution is -2.55. The van der Waals surface area contributed by atoms with Crippen molar-refractivity contribution in [3.8, 4) is 0 Å². The van der Waals surface area contributed by atoms with Crippen molar-refractivity contribution in [2.24, 2.45) is 0 Å². The lowest BCUT2D eigenvalue weighted by Gasteiger charge is -2.40. The molecule has 1 aromatic rings. The molecule has 23 heavy (non-hydrogen) atoms. The number of benzene rings is 1. The molecule has 1 heterocycles. The average molecular weight is 321 g/mol. The third-order valence-electron chi connectivity index (χ3n) is 4.10. The summed E-state index contributed by atoms with van der Waals surface area (Å²) in [5.41, 5.74) is 0.662. The smallest absolute Gasteiger partial charge is 0.269 e. The first-order valence-corrected chi connectivity index (χ1v) is 7.71. The minimum atomic E-state index is -0.450. The van der Waals surface area contributed by atoms with E-state index in [0.717, 1.165) is 31.9 Å². The van der Waals surface area contributed by atoms with Crippen LogP contribution in [0.3, 0.4) is 0 Å². The minimum Gasteiger partial charge on any atom is -0.379 e. The quantitative estimate of drug-likeness (QED) is 0.632. The molecule has 0 unspecified atom stereocenters. The van der Waals surface area contributed by atoms with E-state index in [1.54, 1.807) is 12.1 Å². The summed E-state index contributed by atoms with van der Waals surface area (Å²) in [5, 5.41) is 13.6. The van der Waals surface area contributed by atoms with Crippen LogP contribution in [-0.2, 0) is 16.0 Å². The van der Waals surface area contributed by atoms with Crippen LogP contribution < -0.4 is 5.32 Å². The number of hydrogen-bond donors (Lipinski definition) is 1. The van der Waals surface area contributed by atoms with Gasteiger partial charge in [-0.25, -0.2) is 0 Å². The highest BCUT2D eigenvalue weighted by molar-refractivity contribution is 5.78. The molecule has 1 N–H and O–H groups in total. The van der Waals surface area contributed by atoms with E-state index in [2.05, 4.69) is 24.1 Å². The third kappa shape index (κ3) is 5.01. The summed E-state index contributed by atoms with van der Waals surface area (Å²) in [6.45, 7) is 7.94. The zero-order valence-electron chi connectivity index (χ0n) is 13.6. The van der Waals surface area contributed by atoms with E-state index >= 15 is 0 Å². The van der Waals surface area contributed by atoms with Crippen LogP contribution >= 0.6 is 0 Å². The van der Waals surface area contributed by atoms with Gasteiger partial charge in [0.05, 0.1) is 24.6 Å². The molecular formula is C16H23N3O4. The van der Waals surface area contributed by atoms with Gasteiger partial charge in [0.1, 0.15) is 0 Å². The van der Waals surface area contributed by atoms with Crippen LogP contribution in [0.4, 0.5) is 5.69 Å². The van der Waals surface area contributed by atoms with Gasteiger partial charge in [0.2, 0.25) is 5.91 Å². The summed E-state index contributed by atoms with van der Waals surface area (Å²) < 4.78 is 5.35.